The molecule has 0 saturated heterocycles. The number of benzene rings is 2. The van der Waals surface area contributed by atoms with E-state index in [1.807, 2.05) is 0 Å². The molecular formula is C22H22O. The first-order valence-electron chi connectivity index (χ1n) is 8.45. The third-order valence-corrected chi connectivity index (χ3v) is 5.31. The maximum atomic E-state index is 6.14. The van der Waals surface area contributed by atoms with Gasteiger partial charge in [0, 0.05) is 11.8 Å². The monoisotopic (exact) mass is 302 g/mol. The van der Waals surface area contributed by atoms with E-state index in [1.54, 1.807) is 0 Å². The molecule has 2 unspecified atom stereocenters. The van der Waals surface area contributed by atoms with E-state index in [1.165, 1.54) is 22.3 Å². The van der Waals surface area contributed by atoms with Gasteiger partial charge in [-0.2, -0.15) is 0 Å². The Morgan fingerprint density at radius 2 is 1.17 bits per heavy atom. The van der Waals surface area contributed by atoms with Gasteiger partial charge in [-0.1, -0.05) is 61.7 Å². The molecule has 2 aromatic rings. The fraction of sp³-hybridized carbons (Fsp3) is 0.273. The largest absolute Gasteiger partial charge is 0.466 e. The molecule has 2 aromatic carbocycles. The number of aryl methyl sites for hydroxylation is 2. The van der Waals surface area contributed by atoms with E-state index in [2.05, 4.69) is 61.7 Å². The van der Waals surface area contributed by atoms with Gasteiger partial charge in [0.15, 0.2) is 0 Å². The molecule has 0 aliphatic heterocycles. The molecule has 0 radical (unpaired) electrons. The quantitative estimate of drug-likeness (QED) is 0.678. The highest BCUT2D eigenvalue weighted by Gasteiger charge is 2.29. The summed E-state index contributed by atoms with van der Waals surface area (Å²) in [4.78, 5) is 0. The van der Waals surface area contributed by atoms with Crippen molar-refractivity contribution in [2.45, 2.75) is 37.5 Å². The Morgan fingerprint density at radius 3 is 1.65 bits per heavy atom. The number of hydrogen-bond donors (Lipinski definition) is 0. The lowest BCUT2D eigenvalue weighted by molar-refractivity contribution is 0.256. The molecule has 1 nitrogen and oxygen atoms in total. The van der Waals surface area contributed by atoms with E-state index in [0.29, 0.717) is 11.8 Å². The Balaban J connectivity index is 1.49. The average Bonchev–Trinajstić information content (AvgIpc) is 3.19. The lowest BCUT2D eigenvalue weighted by Crippen LogP contribution is -2.06. The smallest absolute Gasteiger partial charge is 0.104 e. The van der Waals surface area contributed by atoms with Gasteiger partial charge in [-0.3, -0.25) is 0 Å². The summed E-state index contributed by atoms with van der Waals surface area (Å²) in [6, 6.07) is 17.3. The summed E-state index contributed by atoms with van der Waals surface area (Å²) in [5.41, 5.74) is 5.60. The van der Waals surface area contributed by atoms with Crippen molar-refractivity contribution >= 4 is 0 Å². The molecule has 2 atom stereocenters. The van der Waals surface area contributed by atoms with Gasteiger partial charge in [0.05, 0.1) is 0 Å². The molecule has 0 N–H and O–H groups in total. The van der Waals surface area contributed by atoms with Crippen LogP contribution in [0.3, 0.4) is 0 Å². The predicted molar refractivity (Wildman–Crippen MR) is 94.4 cm³/mol. The summed E-state index contributed by atoms with van der Waals surface area (Å²) in [6.07, 6.45) is 4.41. The third kappa shape index (κ3) is 2.50. The van der Waals surface area contributed by atoms with Gasteiger partial charge in [0.1, 0.15) is 11.5 Å². The van der Waals surface area contributed by atoms with Gasteiger partial charge in [-0.25, -0.2) is 0 Å². The predicted octanol–water partition coefficient (Wildman–Crippen LogP) is 5.49. The fourth-order valence-electron chi connectivity index (χ4n) is 4.09. The number of fused-ring (bicyclic) bond motifs is 2. The van der Waals surface area contributed by atoms with Crippen LogP contribution in [0.1, 0.15) is 46.9 Å². The van der Waals surface area contributed by atoms with Crippen molar-refractivity contribution in [2.75, 3.05) is 0 Å². The fourth-order valence-corrected chi connectivity index (χ4v) is 4.09. The van der Waals surface area contributed by atoms with E-state index >= 15 is 0 Å². The Hall–Kier alpha value is -2.28. The van der Waals surface area contributed by atoms with Crippen molar-refractivity contribution in [1.82, 2.24) is 0 Å². The van der Waals surface area contributed by atoms with Crippen molar-refractivity contribution in [3.8, 4) is 0 Å². The molecule has 0 fully saturated rings. The van der Waals surface area contributed by atoms with Crippen molar-refractivity contribution in [3.63, 3.8) is 0 Å². The minimum atomic E-state index is 0.305. The molecule has 0 bridgehead atoms. The normalized spacial score (nSPS) is 21.6. The minimum Gasteiger partial charge on any atom is -0.466 e. The number of rotatable bonds is 4. The molecule has 0 amide bonds. The van der Waals surface area contributed by atoms with Gasteiger partial charge in [-0.05, 0) is 47.9 Å². The van der Waals surface area contributed by atoms with Crippen LogP contribution in [0.2, 0.25) is 0 Å². The molecule has 2 aliphatic rings. The van der Waals surface area contributed by atoms with Crippen LogP contribution in [0.15, 0.2) is 73.2 Å². The van der Waals surface area contributed by atoms with Crippen LogP contribution in [-0.2, 0) is 17.6 Å². The van der Waals surface area contributed by atoms with Crippen LogP contribution >= 0.6 is 0 Å². The first-order chi connectivity index (χ1) is 11.2. The zero-order valence-corrected chi connectivity index (χ0v) is 13.4. The van der Waals surface area contributed by atoms with Crippen LogP contribution < -0.4 is 0 Å². The summed E-state index contributed by atoms with van der Waals surface area (Å²) < 4.78 is 6.14. The standard InChI is InChI=1S/C22H22O/c1-15(19-13-11-17-7-3-5-9-21(17)19)23-16(2)20-14-12-18-8-4-6-10-22(18)20/h3-10,19-20H,1-2,11-14H2. The van der Waals surface area contributed by atoms with Crippen LogP contribution in [0, 0.1) is 0 Å². The molecule has 0 heterocycles. The Morgan fingerprint density at radius 1 is 0.739 bits per heavy atom. The molecule has 0 aromatic heterocycles. The Kier molecular flexibility index (Phi) is 3.57. The van der Waals surface area contributed by atoms with Crippen LogP contribution in [0.5, 0.6) is 0 Å². The first kappa shape index (κ1) is 14.3. The van der Waals surface area contributed by atoms with Crippen molar-refractivity contribution in [3.05, 3.63) is 95.5 Å². The molecule has 1 heteroatoms. The lowest BCUT2D eigenvalue weighted by atomic mass is 9.98. The van der Waals surface area contributed by atoms with Crippen molar-refractivity contribution < 1.29 is 4.74 Å². The van der Waals surface area contributed by atoms with Gasteiger partial charge < -0.3 is 4.74 Å². The topological polar surface area (TPSA) is 9.23 Å². The summed E-state index contributed by atoms with van der Waals surface area (Å²) in [5.74, 6) is 2.31. The summed E-state index contributed by atoms with van der Waals surface area (Å²) in [5, 5.41) is 0. The number of allylic oxidation sites excluding steroid dienone is 2. The molecular weight excluding hydrogens is 280 g/mol. The van der Waals surface area contributed by atoms with E-state index in [0.717, 1.165) is 37.2 Å². The van der Waals surface area contributed by atoms with Gasteiger partial charge in [0.25, 0.3) is 0 Å². The molecule has 4 rings (SSSR count). The first-order valence-corrected chi connectivity index (χ1v) is 8.45. The molecule has 116 valence electrons. The molecule has 2 aliphatic carbocycles. The zero-order chi connectivity index (χ0) is 15.8. The van der Waals surface area contributed by atoms with Gasteiger partial charge >= 0.3 is 0 Å². The van der Waals surface area contributed by atoms with Gasteiger partial charge in [-0.15, -0.1) is 0 Å². The van der Waals surface area contributed by atoms with E-state index in [9.17, 15) is 0 Å². The van der Waals surface area contributed by atoms with Crippen LogP contribution in [0.4, 0.5) is 0 Å². The average molecular weight is 302 g/mol. The summed E-state index contributed by atoms with van der Waals surface area (Å²) in [7, 11) is 0. The molecule has 0 saturated carbocycles. The maximum absolute atomic E-state index is 6.14. The number of hydrogen-bond acceptors (Lipinski definition) is 1. The van der Waals surface area contributed by atoms with Gasteiger partial charge in [0.2, 0.25) is 0 Å². The highest BCUT2D eigenvalue weighted by Crippen LogP contribution is 2.42. The second-order valence-corrected chi connectivity index (χ2v) is 6.61. The SMILES string of the molecule is C=C(OC(=C)C1CCc2ccccc21)C1CCc2ccccc21. The minimum absolute atomic E-state index is 0.305. The maximum Gasteiger partial charge on any atom is 0.104 e. The van der Waals surface area contributed by atoms with E-state index in [-0.39, 0.29) is 0 Å². The van der Waals surface area contributed by atoms with Crippen molar-refractivity contribution in [1.29, 1.82) is 0 Å². The Bertz CT molecular complexity index is 706. The highest BCUT2D eigenvalue weighted by atomic mass is 16.5. The van der Waals surface area contributed by atoms with Crippen LogP contribution in [0.25, 0.3) is 0 Å². The second kappa shape index (κ2) is 5.73. The summed E-state index contributed by atoms with van der Waals surface area (Å²) >= 11 is 0. The lowest BCUT2D eigenvalue weighted by Gasteiger charge is -2.21. The van der Waals surface area contributed by atoms with Crippen molar-refractivity contribution in [2.24, 2.45) is 0 Å². The summed E-state index contributed by atoms with van der Waals surface area (Å²) in [6.45, 7) is 8.44. The molecule has 0 spiro atoms. The molecule has 23 heavy (non-hydrogen) atoms. The highest BCUT2D eigenvalue weighted by molar-refractivity contribution is 5.41. The van der Waals surface area contributed by atoms with E-state index < -0.39 is 0 Å². The number of ether oxygens (including phenoxy) is 1. The van der Waals surface area contributed by atoms with Crippen LogP contribution in [-0.4, -0.2) is 0 Å². The van der Waals surface area contributed by atoms with E-state index in [4.69, 9.17) is 4.74 Å². The zero-order valence-electron chi connectivity index (χ0n) is 13.4. The Labute approximate surface area is 138 Å². The second-order valence-electron chi connectivity index (χ2n) is 6.61. The third-order valence-electron chi connectivity index (χ3n) is 5.31.